The number of aryl methyl sites for hydroxylation is 2. The highest BCUT2D eigenvalue weighted by Crippen LogP contribution is 2.23. The molecule has 0 saturated heterocycles. The van der Waals surface area contributed by atoms with Gasteiger partial charge in [-0.25, -0.2) is 13.6 Å². The molecule has 0 heterocycles. The van der Waals surface area contributed by atoms with E-state index in [-0.39, 0.29) is 23.3 Å². The van der Waals surface area contributed by atoms with Gasteiger partial charge in [0.15, 0.2) is 11.6 Å². The monoisotopic (exact) mass is 336 g/mol. The Hall–Kier alpha value is -2.47. The van der Waals surface area contributed by atoms with Crippen molar-refractivity contribution in [1.82, 2.24) is 0 Å². The van der Waals surface area contributed by atoms with Gasteiger partial charge in [-0.15, -0.1) is 0 Å². The van der Waals surface area contributed by atoms with Gasteiger partial charge in [0.1, 0.15) is 5.75 Å². The molecule has 6 heteroatoms. The molecule has 0 aliphatic carbocycles. The van der Waals surface area contributed by atoms with Gasteiger partial charge in [0, 0.05) is 5.56 Å². The molecule has 24 heavy (non-hydrogen) atoms. The summed E-state index contributed by atoms with van der Waals surface area (Å²) >= 11 is 0. The number of esters is 1. The van der Waals surface area contributed by atoms with Gasteiger partial charge in [0.25, 0.3) is 0 Å². The highest BCUT2D eigenvalue weighted by atomic mass is 19.2. The van der Waals surface area contributed by atoms with Gasteiger partial charge in [0.05, 0.1) is 19.3 Å². The van der Waals surface area contributed by atoms with Crippen molar-refractivity contribution >= 4 is 5.97 Å². The van der Waals surface area contributed by atoms with E-state index in [1.807, 2.05) is 0 Å². The molecule has 0 aromatic heterocycles. The highest BCUT2D eigenvalue weighted by Gasteiger charge is 2.13. The first-order valence-electron chi connectivity index (χ1n) is 7.44. The fourth-order valence-corrected chi connectivity index (χ4v) is 2.44. The van der Waals surface area contributed by atoms with E-state index in [2.05, 4.69) is 4.74 Å². The van der Waals surface area contributed by atoms with E-state index in [9.17, 15) is 18.7 Å². The van der Waals surface area contributed by atoms with E-state index in [0.717, 1.165) is 0 Å². The van der Waals surface area contributed by atoms with Crippen molar-refractivity contribution in [2.24, 2.45) is 0 Å². The smallest absolute Gasteiger partial charge is 0.337 e. The first kappa shape index (κ1) is 17.9. The Morgan fingerprint density at radius 1 is 1.04 bits per heavy atom. The molecule has 128 valence electrons. The number of carbonyl (C=O) groups is 1. The summed E-state index contributed by atoms with van der Waals surface area (Å²) in [6, 6.07) is 7.16. The van der Waals surface area contributed by atoms with Crippen molar-refractivity contribution in [3.05, 3.63) is 64.2 Å². The molecule has 0 atom stereocenters. The van der Waals surface area contributed by atoms with Gasteiger partial charge < -0.3 is 14.9 Å². The predicted octanol–water partition coefficient (Wildman–Crippen LogP) is 3.12. The number of rotatable bonds is 6. The summed E-state index contributed by atoms with van der Waals surface area (Å²) in [5.41, 5.74) is 0.966. The van der Waals surface area contributed by atoms with Crippen LogP contribution in [-0.2, 0) is 24.2 Å². The summed E-state index contributed by atoms with van der Waals surface area (Å²) in [7, 11) is 1.27. The molecule has 4 nitrogen and oxygen atoms in total. The Bertz CT molecular complexity index is 744. The van der Waals surface area contributed by atoms with Crippen molar-refractivity contribution in [2.45, 2.75) is 25.9 Å². The fourth-order valence-electron chi connectivity index (χ4n) is 2.44. The molecule has 2 aromatic carbocycles. The SMILES string of the molecule is COC(=O)c1ccc(O)c(CCCc2ccc(CO)c(F)c2F)c1. The molecule has 2 N–H and O–H groups in total. The van der Waals surface area contributed by atoms with Gasteiger partial charge in [-0.2, -0.15) is 0 Å². The van der Waals surface area contributed by atoms with E-state index in [0.29, 0.717) is 24.0 Å². The van der Waals surface area contributed by atoms with E-state index >= 15 is 0 Å². The van der Waals surface area contributed by atoms with Crippen LogP contribution in [0, 0.1) is 11.6 Å². The lowest BCUT2D eigenvalue weighted by molar-refractivity contribution is 0.0600. The van der Waals surface area contributed by atoms with Crippen molar-refractivity contribution in [2.75, 3.05) is 7.11 Å². The minimum absolute atomic E-state index is 0.0323. The maximum Gasteiger partial charge on any atom is 0.337 e. The lowest BCUT2D eigenvalue weighted by Crippen LogP contribution is -2.03. The molecule has 0 amide bonds. The normalized spacial score (nSPS) is 10.7. The standard InChI is InChI=1S/C18H18F2O4/c1-24-18(23)13-7-8-15(22)12(9-13)4-2-3-11-5-6-14(10-21)17(20)16(11)19/h5-9,21-22H,2-4,10H2,1H3. The number of aliphatic hydroxyl groups excluding tert-OH is 1. The molecule has 0 bridgehead atoms. The number of phenolic OH excluding ortho intramolecular Hbond substituents is 1. The summed E-state index contributed by atoms with van der Waals surface area (Å²) in [5, 5.41) is 18.7. The third kappa shape index (κ3) is 3.89. The molecule has 0 spiro atoms. The molecule has 0 saturated carbocycles. The van der Waals surface area contributed by atoms with Crippen molar-refractivity contribution in [3.63, 3.8) is 0 Å². The lowest BCUT2D eigenvalue weighted by Gasteiger charge is -2.09. The quantitative estimate of drug-likeness (QED) is 0.796. The summed E-state index contributed by atoms with van der Waals surface area (Å²) in [6.45, 7) is -0.558. The fraction of sp³-hybridized carbons (Fsp3) is 0.278. The second-order valence-corrected chi connectivity index (χ2v) is 5.36. The first-order valence-corrected chi connectivity index (χ1v) is 7.44. The summed E-state index contributed by atoms with van der Waals surface area (Å²) in [4.78, 5) is 11.5. The highest BCUT2D eigenvalue weighted by molar-refractivity contribution is 5.89. The Balaban J connectivity index is 2.07. The molecule has 0 unspecified atom stereocenters. The zero-order valence-electron chi connectivity index (χ0n) is 13.2. The van der Waals surface area contributed by atoms with Gasteiger partial charge >= 0.3 is 5.97 Å². The Morgan fingerprint density at radius 3 is 2.33 bits per heavy atom. The minimum Gasteiger partial charge on any atom is -0.508 e. The predicted molar refractivity (Wildman–Crippen MR) is 83.8 cm³/mol. The topological polar surface area (TPSA) is 66.8 Å². The Kier molecular flexibility index (Phi) is 5.87. The molecule has 2 rings (SSSR count). The van der Waals surface area contributed by atoms with Crippen LogP contribution < -0.4 is 0 Å². The van der Waals surface area contributed by atoms with E-state index in [4.69, 9.17) is 5.11 Å². The van der Waals surface area contributed by atoms with E-state index < -0.39 is 24.2 Å². The van der Waals surface area contributed by atoms with Crippen molar-refractivity contribution < 1.29 is 28.5 Å². The summed E-state index contributed by atoms with van der Waals surface area (Å²) in [5.74, 6) is -2.48. The maximum atomic E-state index is 13.9. The molecular weight excluding hydrogens is 318 g/mol. The number of ether oxygens (including phenoxy) is 1. The molecule has 0 fully saturated rings. The van der Waals surface area contributed by atoms with Crippen LogP contribution in [0.3, 0.4) is 0 Å². The van der Waals surface area contributed by atoms with Crippen LogP contribution in [0.1, 0.15) is 33.5 Å². The van der Waals surface area contributed by atoms with Crippen molar-refractivity contribution in [3.8, 4) is 5.75 Å². The van der Waals surface area contributed by atoms with Crippen LogP contribution in [0.2, 0.25) is 0 Å². The van der Waals surface area contributed by atoms with Crippen LogP contribution in [-0.4, -0.2) is 23.3 Å². The number of carbonyl (C=O) groups excluding carboxylic acids is 1. The zero-order valence-corrected chi connectivity index (χ0v) is 13.2. The Morgan fingerprint density at radius 2 is 1.67 bits per heavy atom. The largest absolute Gasteiger partial charge is 0.508 e. The van der Waals surface area contributed by atoms with Crippen LogP contribution >= 0.6 is 0 Å². The Labute approximate surface area is 138 Å². The zero-order chi connectivity index (χ0) is 17.7. The number of halogens is 2. The average molecular weight is 336 g/mol. The third-order valence-electron chi connectivity index (χ3n) is 3.81. The summed E-state index contributed by atoms with van der Waals surface area (Å²) in [6.07, 6.45) is 1.10. The number of hydrogen-bond donors (Lipinski definition) is 2. The van der Waals surface area contributed by atoms with Gasteiger partial charge in [0.2, 0.25) is 0 Å². The molecule has 2 aromatic rings. The molecular formula is C18H18F2O4. The van der Waals surface area contributed by atoms with Crippen LogP contribution in [0.15, 0.2) is 30.3 Å². The van der Waals surface area contributed by atoms with Crippen molar-refractivity contribution in [1.29, 1.82) is 0 Å². The number of hydrogen-bond acceptors (Lipinski definition) is 4. The average Bonchev–Trinajstić information content (AvgIpc) is 2.59. The second-order valence-electron chi connectivity index (χ2n) is 5.36. The number of phenols is 1. The van der Waals surface area contributed by atoms with Crippen LogP contribution in [0.5, 0.6) is 5.75 Å². The summed E-state index contributed by atoms with van der Waals surface area (Å²) < 4.78 is 32.1. The number of aromatic hydroxyl groups is 1. The second kappa shape index (κ2) is 7.88. The van der Waals surface area contributed by atoms with Crippen LogP contribution in [0.25, 0.3) is 0 Å². The molecule has 0 aliphatic heterocycles. The maximum absolute atomic E-state index is 13.9. The minimum atomic E-state index is -1.04. The van der Waals surface area contributed by atoms with E-state index in [1.165, 1.54) is 37.4 Å². The van der Waals surface area contributed by atoms with Gasteiger partial charge in [-0.3, -0.25) is 0 Å². The molecule has 0 aliphatic rings. The lowest BCUT2D eigenvalue weighted by atomic mass is 10.00. The number of methoxy groups -OCH3 is 1. The molecule has 0 radical (unpaired) electrons. The first-order chi connectivity index (χ1) is 11.5. The van der Waals surface area contributed by atoms with Gasteiger partial charge in [-0.05, 0) is 48.6 Å². The third-order valence-corrected chi connectivity index (χ3v) is 3.81. The van der Waals surface area contributed by atoms with Crippen LogP contribution in [0.4, 0.5) is 8.78 Å². The number of aliphatic hydroxyl groups is 1. The van der Waals surface area contributed by atoms with Gasteiger partial charge in [-0.1, -0.05) is 12.1 Å². The number of benzene rings is 2. The van der Waals surface area contributed by atoms with E-state index in [1.54, 1.807) is 0 Å².